The summed E-state index contributed by atoms with van der Waals surface area (Å²) in [5.74, 6) is 2.50. The van der Waals surface area contributed by atoms with Crippen LogP contribution in [0.2, 0.25) is 0 Å². The maximum Gasteiger partial charge on any atom is 0.177 e. The molecule has 0 N–H and O–H groups in total. The standard InChI is InChI=1S/C21H20N2O2/c1-15-12-16(2)14-17(13-15)24-11-9-23-19-7-4-3-6-18(19)22-21(23)20-8-5-10-25-20/h3-8,10,12-14H,9,11H2,1-2H3. The Bertz CT molecular complexity index is 980. The molecule has 4 rings (SSSR count). The van der Waals surface area contributed by atoms with E-state index in [4.69, 9.17) is 14.1 Å². The number of benzene rings is 2. The van der Waals surface area contributed by atoms with Crippen LogP contribution >= 0.6 is 0 Å². The average molecular weight is 332 g/mol. The van der Waals surface area contributed by atoms with Crippen molar-refractivity contribution in [1.29, 1.82) is 0 Å². The lowest BCUT2D eigenvalue weighted by Crippen LogP contribution is -2.09. The van der Waals surface area contributed by atoms with Gasteiger partial charge in [0, 0.05) is 0 Å². The highest BCUT2D eigenvalue weighted by molar-refractivity contribution is 5.79. The smallest absolute Gasteiger partial charge is 0.177 e. The third-order valence-corrected chi connectivity index (χ3v) is 4.17. The highest BCUT2D eigenvalue weighted by Gasteiger charge is 2.14. The second kappa shape index (κ2) is 6.48. The largest absolute Gasteiger partial charge is 0.492 e. The van der Waals surface area contributed by atoms with E-state index in [1.54, 1.807) is 6.26 Å². The Labute approximate surface area is 146 Å². The Balaban J connectivity index is 1.61. The number of para-hydroxylation sites is 2. The van der Waals surface area contributed by atoms with Crippen LogP contribution in [0.5, 0.6) is 5.75 Å². The van der Waals surface area contributed by atoms with Crippen molar-refractivity contribution in [1.82, 2.24) is 9.55 Å². The Morgan fingerprint density at radius 1 is 1.00 bits per heavy atom. The SMILES string of the molecule is Cc1cc(C)cc(OCCn2c(-c3ccco3)nc3ccccc32)c1. The molecule has 4 heteroatoms. The maximum atomic E-state index is 5.98. The second-order valence-corrected chi connectivity index (χ2v) is 6.22. The Kier molecular flexibility index (Phi) is 4.02. The molecule has 4 nitrogen and oxygen atoms in total. The third-order valence-electron chi connectivity index (χ3n) is 4.17. The molecule has 0 aliphatic rings. The number of fused-ring (bicyclic) bond motifs is 1. The van der Waals surface area contributed by atoms with Crippen LogP contribution in [0.15, 0.2) is 65.3 Å². The molecule has 0 amide bonds. The van der Waals surface area contributed by atoms with E-state index >= 15 is 0 Å². The van der Waals surface area contributed by atoms with Crippen molar-refractivity contribution in [3.8, 4) is 17.3 Å². The highest BCUT2D eigenvalue weighted by atomic mass is 16.5. The average Bonchev–Trinajstić information content (AvgIpc) is 3.22. The number of aromatic nitrogens is 2. The van der Waals surface area contributed by atoms with Gasteiger partial charge in [0.25, 0.3) is 0 Å². The van der Waals surface area contributed by atoms with E-state index in [9.17, 15) is 0 Å². The zero-order chi connectivity index (χ0) is 17.2. The van der Waals surface area contributed by atoms with E-state index in [1.165, 1.54) is 11.1 Å². The number of nitrogens with zero attached hydrogens (tertiary/aromatic N) is 2. The lowest BCUT2D eigenvalue weighted by Gasteiger charge is -2.11. The number of aryl methyl sites for hydroxylation is 2. The van der Waals surface area contributed by atoms with Crippen LogP contribution in [-0.2, 0) is 6.54 Å². The summed E-state index contributed by atoms with van der Waals surface area (Å²) < 4.78 is 13.7. The minimum absolute atomic E-state index is 0.566. The van der Waals surface area contributed by atoms with Crippen molar-refractivity contribution >= 4 is 11.0 Å². The Morgan fingerprint density at radius 3 is 2.56 bits per heavy atom. The first-order valence-electron chi connectivity index (χ1n) is 8.41. The van der Waals surface area contributed by atoms with Gasteiger partial charge in [-0.15, -0.1) is 0 Å². The molecule has 4 aromatic rings. The van der Waals surface area contributed by atoms with Crippen LogP contribution in [0.1, 0.15) is 11.1 Å². The van der Waals surface area contributed by atoms with Crippen molar-refractivity contribution in [2.24, 2.45) is 0 Å². The minimum atomic E-state index is 0.566. The number of imidazole rings is 1. The molecule has 25 heavy (non-hydrogen) atoms. The molecule has 2 aromatic carbocycles. The first kappa shape index (κ1) is 15.5. The highest BCUT2D eigenvalue weighted by Crippen LogP contribution is 2.25. The van der Waals surface area contributed by atoms with E-state index < -0.39 is 0 Å². The molecule has 0 aliphatic carbocycles. The molecule has 0 saturated heterocycles. The summed E-state index contributed by atoms with van der Waals surface area (Å²) in [6, 6.07) is 18.2. The van der Waals surface area contributed by atoms with Crippen molar-refractivity contribution in [3.63, 3.8) is 0 Å². The van der Waals surface area contributed by atoms with Crippen LogP contribution in [0, 0.1) is 13.8 Å². The van der Waals surface area contributed by atoms with Crippen LogP contribution in [-0.4, -0.2) is 16.2 Å². The van der Waals surface area contributed by atoms with E-state index in [1.807, 2.05) is 30.3 Å². The zero-order valence-corrected chi connectivity index (χ0v) is 14.4. The summed E-state index contributed by atoms with van der Waals surface area (Å²) in [5, 5.41) is 0. The van der Waals surface area contributed by atoms with Crippen LogP contribution in [0.3, 0.4) is 0 Å². The maximum absolute atomic E-state index is 5.98. The van der Waals surface area contributed by atoms with Crippen LogP contribution in [0.25, 0.3) is 22.6 Å². The number of rotatable bonds is 5. The third kappa shape index (κ3) is 3.15. The van der Waals surface area contributed by atoms with Gasteiger partial charge >= 0.3 is 0 Å². The van der Waals surface area contributed by atoms with Gasteiger partial charge < -0.3 is 13.7 Å². The molecule has 2 aromatic heterocycles. The summed E-state index contributed by atoms with van der Waals surface area (Å²) in [4.78, 5) is 4.72. The molecule has 0 atom stereocenters. The van der Waals surface area contributed by atoms with Gasteiger partial charge in [-0.1, -0.05) is 18.2 Å². The predicted molar refractivity (Wildman–Crippen MR) is 98.8 cm³/mol. The Hall–Kier alpha value is -3.01. The second-order valence-electron chi connectivity index (χ2n) is 6.22. The monoisotopic (exact) mass is 332 g/mol. The summed E-state index contributed by atoms with van der Waals surface area (Å²) in [7, 11) is 0. The fourth-order valence-electron chi connectivity index (χ4n) is 3.17. The van der Waals surface area contributed by atoms with Gasteiger partial charge in [-0.3, -0.25) is 0 Å². The van der Waals surface area contributed by atoms with Crippen molar-refractivity contribution in [3.05, 3.63) is 72.0 Å². The number of ether oxygens (including phenoxy) is 1. The van der Waals surface area contributed by atoms with Gasteiger partial charge in [0.15, 0.2) is 11.6 Å². The van der Waals surface area contributed by atoms with Gasteiger partial charge in [-0.25, -0.2) is 4.98 Å². The number of hydrogen-bond acceptors (Lipinski definition) is 3. The molecule has 0 saturated carbocycles. The Morgan fingerprint density at radius 2 is 1.80 bits per heavy atom. The lowest BCUT2D eigenvalue weighted by atomic mass is 10.1. The van der Waals surface area contributed by atoms with Gasteiger partial charge in [0.05, 0.1) is 23.8 Å². The summed E-state index contributed by atoms with van der Waals surface area (Å²) in [6.45, 7) is 5.43. The van der Waals surface area contributed by atoms with E-state index in [0.717, 1.165) is 28.4 Å². The fraction of sp³-hybridized carbons (Fsp3) is 0.190. The van der Waals surface area contributed by atoms with E-state index in [2.05, 4.69) is 42.7 Å². The zero-order valence-electron chi connectivity index (χ0n) is 14.4. The summed E-state index contributed by atoms with van der Waals surface area (Å²) in [5.41, 5.74) is 4.46. The number of furan rings is 1. The van der Waals surface area contributed by atoms with Gasteiger partial charge in [0.1, 0.15) is 12.4 Å². The summed E-state index contributed by atoms with van der Waals surface area (Å²) in [6.07, 6.45) is 1.67. The van der Waals surface area contributed by atoms with Crippen LogP contribution < -0.4 is 4.74 Å². The van der Waals surface area contributed by atoms with E-state index in [-0.39, 0.29) is 0 Å². The van der Waals surface area contributed by atoms with Crippen molar-refractivity contribution in [2.75, 3.05) is 6.61 Å². The molecule has 2 heterocycles. The van der Waals surface area contributed by atoms with Crippen LogP contribution in [0.4, 0.5) is 0 Å². The van der Waals surface area contributed by atoms with E-state index in [0.29, 0.717) is 13.2 Å². The first-order chi connectivity index (χ1) is 12.2. The van der Waals surface area contributed by atoms with Gasteiger partial charge in [-0.05, 0) is 61.4 Å². The molecule has 0 aliphatic heterocycles. The van der Waals surface area contributed by atoms with Gasteiger partial charge in [0.2, 0.25) is 0 Å². The fourth-order valence-corrected chi connectivity index (χ4v) is 3.17. The van der Waals surface area contributed by atoms with Gasteiger partial charge in [-0.2, -0.15) is 0 Å². The molecule has 0 bridgehead atoms. The topological polar surface area (TPSA) is 40.2 Å². The summed E-state index contributed by atoms with van der Waals surface area (Å²) >= 11 is 0. The first-order valence-corrected chi connectivity index (χ1v) is 8.41. The normalized spacial score (nSPS) is 11.1. The molecule has 0 fully saturated rings. The van der Waals surface area contributed by atoms with Crippen molar-refractivity contribution in [2.45, 2.75) is 20.4 Å². The molecular formula is C21H20N2O2. The molecule has 126 valence electrons. The molecular weight excluding hydrogens is 312 g/mol. The number of hydrogen-bond donors (Lipinski definition) is 0. The predicted octanol–water partition coefficient (Wildman–Crippen LogP) is 4.99. The lowest BCUT2D eigenvalue weighted by molar-refractivity contribution is 0.300. The molecule has 0 radical (unpaired) electrons. The molecule has 0 spiro atoms. The minimum Gasteiger partial charge on any atom is -0.492 e. The van der Waals surface area contributed by atoms with Crippen molar-refractivity contribution < 1.29 is 9.15 Å². The molecule has 0 unspecified atom stereocenters. The quantitative estimate of drug-likeness (QED) is 0.517.